The van der Waals surface area contributed by atoms with Gasteiger partial charge >= 0.3 is 5.97 Å². The van der Waals surface area contributed by atoms with E-state index in [0.717, 1.165) is 12.8 Å². The zero-order chi connectivity index (χ0) is 18.1. The van der Waals surface area contributed by atoms with Crippen LogP contribution in [0.1, 0.15) is 44.0 Å². The maximum Gasteiger partial charge on any atom is 0.338 e. The molecule has 132 valence electrons. The van der Waals surface area contributed by atoms with Gasteiger partial charge in [0.2, 0.25) is 5.75 Å². The van der Waals surface area contributed by atoms with Crippen molar-refractivity contribution in [3.05, 3.63) is 41.0 Å². The summed E-state index contributed by atoms with van der Waals surface area (Å²) in [4.78, 5) is 12.1. The van der Waals surface area contributed by atoms with Crippen molar-refractivity contribution in [1.29, 1.82) is 0 Å². The summed E-state index contributed by atoms with van der Waals surface area (Å²) in [5, 5.41) is 9.85. The first kappa shape index (κ1) is 19.6. The van der Waals surface area contributed by atoms with E-state index >= 15 is 0 Å². The largest absolute Gasteiger partial charge is 0.502 e. The van der Waals surface area contributed by atoms with Crippen LogP contribution in [0.2, 0.25) is 0 Å². The number of hydrogen-bond donors (Lipinski definition) is 1. The van der Waals surface area contributed by atoms with Crippen molar-refractivity contribution in [2.75, 3.05) is 20.8 Å². The van der Waals surface area contributed by atoms with Crippen LogP contribution in [0.15, 0.2) is 35.4 Å². The van der Waals surface area contributed by atoms with Crippen LogP contribution < -0.4 is 9.47 Å². The van der Waals surface area contributed by atoms with Crippen molar-refractivity contribution in [2.45, 2.75) is 33.6 Å². The lowest BCUT2D eigenvalue weighted by Crippen LogP contribution is -2.06. The van der Waals surface area contributed by atoms with E-state index in [1.165, 1.54) is 37.5 Å². The number of methoxy groups -OCH3 is 2. The highest BCUT2D eigenvalue weighted by atomic mass is 16.5. The van der Waals surface area contributed by atoms with Crippen LogP contribution in [0, 0.1) is 0 Å². The van der Waals surface area contributed by atoms with Gasteiger partial charge in [0, 0.05) is 0 Å². The lowest BCUT2D eigenvalue weighted by molar-refractivity contribution is 0.0548. The molecule has 0 amide bonds. The molecule has 0 fully saturated rings. The fourth-order valence-electron chi connectivity index (χ4n) is 2.04. The summed E-state index contributed by atoms with van der Waals surface area (Å²) >= 11 is 0. The Hall–Kier alpha value is -2.43. The number of esters is 1. The highest BCUT2D eigenvalue weighted by Gasteiger charge is 2.16. The normalized spacial score (nSPS) is 11.0. The van der Waals surface area contributed by atoms with Gasteiger partial charge in [-0.2, -0.15) is 0 Å². The number of hydrogen-bond acceptors (Lipinski definition) is 5. The van der Waals surface area contributed by atoms with Crippen LogP contribution in [0.5, 0.6) is 17.2 Å². The van der Waals surface area contributed by atoms with Crippen LogP contribution in [-0.2, 0) is 4.74 Å². The highest BCUT2D eigenvalue weighted by Crippen LogP contribution is 2.37. The molecule has 0 radical (unpaired) electrons. The topological polar surface area (TPSA) is 65.0 Å². The van der Waals surface area contributed by atoms with Crippen molar-refractivity contribution in [3.8, 4) is 17.2 Å². The van der Waals surface area contributed by atoms with E-state index in [1.807, 2.05) is 13.0 Å². The first-order valence-electron chi connectivity index (χ1n) is 7.80. The molecule has 0 aliphatic heterocycles. The van der Waals surface area contributed by atoms with Crippen LogP contribution in [0.3, 0.4) is 0 Å². The predicted molar refractivity (Wildman–Crippen MR) is 93.9 cm³/mol. The zero-order valence-corrected chi connectivity index (χ0v) is 15.0. The van der Waals surface area contributed by atoms with Gasteiger partial charge in [-0.15, -0.1) is 0 Å². The molecule has 0 atom stereocenters. The van der Waals surface area contributed by atoms with E-state index < -0.39 is 5.97 Å². The van der Waals surface area contributed by atoms with E-state index in [1.54, 1.807) is 0 Å². The van der Waals surface area contributed by atoms with Crippen molar-refractivity contribution in [2.24, 2.45) is 0 Å². The Morgan fingerprint density at radius 2 is 1.67 bits per heavy atom. The molecule has 1 aromatic carbocycles. The quantitative estimate of drug-likeness (QED) is 0.568. The Bertz CT molecular complexity index is 600. The van der Waals surface area contributed by atoms with Gasteiger partial charge in [0.25, 0.3) is 0 Å². The number of carbonyl (C=O) groups is 1. The van der Waals surface area contributed by atoms with Gasteiger partial charge in [-0.25, -0.2) is 4.79 Å². The number of allylic oxidation sites excluding steroid dienone is 3. The third-order valence-electron chi connectivity index (χ3n) is 3.45. The zero-order valence-electron chi connectivity index (χ0n) is 15.0. The fourth-order valence-corrected chi connectivity index (χ4v) is 2.04. The van der Waals surface area contributed by atoms with Gasteiger partial charge in [-0.1, -0.05) is 17.2 Å². The molecule has 0 saturated carbocycles. The Balaban J connectivity index is 2.67. The van der Waals surface area contributed by atoms with Gasteiger partial charge in [-0.05, 0) is 51.8 Å². The Morgan fingerprint density at radius 1 is 1.08 bits per heavy atom. The average Bonchev–Trinajstić information content (AvgIpc) is 2.54. The first-order chi connectivity index (χ1) is 11.4. The van der Waals surface area contributed by atoms with Gasteiger partial charge in [0.1, 0.15) is 6.61 Å². The summed E-state index contributed by atoms with van der Waals surface area (Å²) in [6, 6.07) is 2.84. The number of carbonyl (C=O) groups excluding carboxylic acids is 1. The fraction of sp³-hybridized carbons (Fsp3) is 0.421. The minimum Gasteiger partial charge on any atom is -0.502 e. The molecule has 0 spiro atoms. The molecule has 0 unspecified atom stereocenters. The van der Waals surface area contributed by atoms with Crippen LogP contribution in [0.25, 0.3) is 0 Å². The summed E-state index contributed by atoms with van der Waals surface area (Å²) in [7, 11) is 2.81. The molecular weight excluding hydrogens is 308 g/mol. The number of benzene rings is 1. The summed E-state index contributed by atoms with van der Waals surface area (Å²) in [5.41, 5.74) is 2.72. The summed E-state index contributed by atoms with van der Waals surface area (Å²) in [6.07, 6.45) is 5.98. The molecule has 0 heterocycles. The number of phenolic OH excluding ortho intramolecular Hbond substituents is 1. The highest BCUT2D eigenvalue weighted by molar-refractivity contribution is 5.91. The van der Waals surface area contributed by atoms with E-state index in [9.17, 15) is 9.90 Å². The Morgan fingerprint density at radius 3 is 2.17 bits per heavy atom. The minimum atomic E-state index is -0.500. The molecule has 5 nitrogen and oxygen atoms in total. The molecule has 0 aliphatic rings. The van der Waals surface area contributed by atoms with Crippen molar-refractivity contribution < 1.29 is 24.1 Å². The first-order valence-corrected chi connectivity index (χ1v) is 7.80. The molecule has 0 bridgehead atoms. The van der Waals surface area contributed by atoms with E-state index in [2.05, 4.69) is 19.9 Å². The van der Waals surface area contributed by atoms with Crippen LogP contribution in [0.4, 0.5) is 0 Å². The lowest BCUT2D eigenvalue weighted by Gasteiger charge is -2.10. The van der Waals surface area contributed by atoms with E-state index in [4.69, 9.17) is 14.2 Å². The lowest BCUT2D eigenvalue weighted by atomic mass is 10.1. The molecule has 24 heavy (non-hydrogen) atoms. The van der Waals surface area contributed by atoms with Crippen molar-refractivity contribution in [3.63, 3.8) is 0 Å². The average molecular weight is 334 g/mol. The second-order valence-electron chi connectivity index (χ2n) is 5.70. The second-order valence-corrected chi connectivity index (χ2v) is 5.70. The Kier molecular flexibility index (Phi) is 7.89. The smallest absolute Gasteiger partial charge is 0.338 e. The molecule has 5 heteroatoms. The molecule has 1 rings (SSSR count). The third-order valence-corrected chi connectivity index (χ3v) is 3.45. The summed E-state index contributed by atoms with van der Waals surface area (Å²) in [5.74, 6) is -0.323. The molecule has 0 aromatic heterocycles. The van der Waals surface area contributed by atoms with Gasteiger partial charge in [0.05, 0.1) is 19.8 Å². The molecule has 0 saturated heterocycles. The van der Waals surface area contributed by atoms with Crippen LogP contribution >= 0.6 is 0 Å². The van der Waals surface area contributed by atoms with Crippen molar-refractivity contribution in [1.82, 2.24) is 0 Å². The minimum absolute atomic E-state index is 0.147. The molecule has 0 aliphatic carbocycles. The number of ether oxygens (including phenoxy) is 3. The SMILES string of the molecule is COc1cc(C(=O)OCC=C(C)CCC=C(C)C)cc(OC)c1O. The summed E-state index contributed by atoms with van der Waals surface area (Å²) in [6.45, 7) is 6.35. The van der Waals surface area contributed by atoms with Gasteiger partial charge in [0.15, 0.2) is 11.5 Å². The van der Waals surface area contributed by atoms with Crippen molar-refractivity contribution >= 4 is 5.97 Å². The summed E-state index contributed by atoms with van der Waals surface area (Å²) < 4.78 is 15.3. The molecular formula is C19H26O5. The molecule has 1 N–H and O–H groups in total. The number of phenols is 1. The number of aromatic hydroxyl groups is 1. The number of rotatable bonds is 8. The molecule has 1 aromatic rings. The monoisotopic (exact) mass is 334 g/mol. The maximum absolute atomic E-state index is 12.1. The second kappa shape index (κ2) is 9.65. The third kappa shape index (κ3) is 5.99. The Labute approximate surface area is 143 Å². The maximum atomic E-state index is 12.1. The van der Waals surface area contributed by atoms with Gasteiger partial charge in [-0.3, -0.25) is 0 Å². The van der Waals surface area contributed by atoms with E-state index in [-0.39, 0.29) is 29.4 Å². The standard InChI is InChI=1S/C19H26O5/c1-13(2)7-6-8-14(3)9-10-24-19(21)15-11-16(22-4)18(20)17(12-15)23-5/h7,9,11-12,20H,6,8,10H2,1-5H3. The van der Waals surface area contributed by atoms with Gasteiger partial charge < -0.3 is 19.3 Å². The van der Waals surface area contributed by atoms with E-state index in [0.29, 0.717) is 0 Å². The predicted octanol–water partition coefficient (Wildman–Crippen LogP) is 4.26. The van der Waals surface area contributed by atoms with Crippen LogP contribution in [-0.4, -0.2) is 31.9 Å².